The molecular weight excluding hydrogens is 337 g/mol. The quantitative estimate of drug-likeness (QED) is 0.561. The molecule has 0 saturated carbocycles. The van der Waals surface area contributed by atoms with E-state index in [1.54, 1.807) is 24.3 Å². The predicted molar refractivity (Wildman–Crippen MR) is 83.5 cm³/mol. The van der Waals surface area contributed by atoms with Crippen molar-refractivity contribution >= 4 is 28.5 Å². The van der Waals surface area contributed by atoms with Crippen LogP contribution in [-0.4, -0.2) is 23.5 Å². The number of ether oxygens (including phenoxy) is 1. The number of aromatic amines is 1. The lowest BCUT2D eigenvalue weighted by Gasteiger charge is -2.08. The molecule has 1 aromatic heterocycles. The lowest BCUT2D eigenvalue weighted by Crippen LogP contribution is -2.21. The molecule has 128 valence electrons. The van der Waals surface area contributed by atoms with E-state index < -0.39 is 41.6 Å². The molecule has 1 heterocycles. The molecule has 0 aliphatic heterocycles. The number of hydrogen-bond acceptors (Lipinski definition) is 3. The zero-order valence-corrected chi connectivity index (χ0v) is 12.6. The maximum absolute atomic E-state index is 13.5. The Morgan fingerprint density at radius 2 is 1.80 bits per heavy atom. The summed E-state index contributed by atoms with van der Waals surface area (Å²) in [6.45, 7) is -0.712. The molecule has 0 fully saturated rings. The van der Waals surface area contributed by atoms with Crippen LogP contribution in [0.4, 0.5) is 18.9 Å². The molecule has 0 spiro atoms. The van der Waals surface area contributed by atoms with Gasteiger partial charge in [0, 0.05) is 17.1 Å². The van der Waals surface area contributed by atoms with Gasteiger partial charge in [-0.15, -0.1) is 0 Å². The van der Waals surface area contributed by atoms with E-state index in [9.17, 15) is 22.8 Å². The van der Waals surface area contributed by atoms with Crippen molar-refractivity contribution < 1.29 is 27.5 Å². The molecule has 0 radical (unpaired) electrons. The van der Waals surface area contributed by atoms with Gasteiger partial charge in [0.2, 0.25) is 0 Å². The summed E-state index contributed by atoms with van der Waals surface area (Å²) in [5, 5.41) is 2.64. The SMILES string of the molecule is O=C(COC(=O)c1c[nH]c2ccccc12)Nc1ccc(F)c(F)c1F. The Hall–Kier alpha value is -3.29. The fourth-order valence-electron chi connectivity index (χ4n) is 2.26. The van der Waals surface area contributed by atoms with Crippen LogP contribution in [0.25, 0.3) is 10.9 Å². The van der Waals surface area contributed by atoms with Gasteiger partial charge in [0.25, 0.3) is 5.91 Å². The third-order valence-corrected chi connectivity index (χ3v) is 3.45. The number of carbonyl (C=O) groups excluding carboxylic acids is 2. The highest BCUT2D eigenvalue weighted by molar-refractivity contribution is 6.05. The highest BCUT2D eigenvalue weighted by Gasteiger charge is 2.17. The number of hydrogen-bond donors (Lipinski definition) is 2. The average Bonchev–Trinajstić information content (AvgIpc) is 3.04. The number of esters is 1. The van der Waals surface area contributed by atoms with Gasteiger partial charge in [-0.3, -0.25) is 4.79 Å². The second kappa shape index (κ2) is 6.68. The Morgan fingerprint density at radius 3 is 2.60 bits per heavy atom. The maximum atomic E-state index is 13.5. The molecule has 0 aliphatic rings. The maximum Gasteiger partial charge on any atom is 0.340 e. The second-order valence-electron chi connectivity index (χ2n) is 5.10. The first-order chi connectivity index (χ1) is 12.0. The van der Waals surface area contributed by atoms with Crippen LogP contribution in [-0.2, 0) is 9.53 Å². The zero-order chi connectivity index (χ0) is 18.0. The smallest absolute Gasteiger partial charge is 0.340 e. The highest BCUT2D eigenvalue weighted by atomic mass is 19.2. The van der Waals surface area contributed by atoms with E-state index in [4.69, 9.17) is 4.74 Å². The minimum atomic E-state index is -1.70. The van der Waals surface area contributed by atoms with Gasteiger partial charge in [0.15, 0.2) is 24.1 Å². The number of benzene rings is 2. The third kappa shape index (κ3) is 3.32. The number of halogens is 3. The van der Waals surface area contributed by atoms with Crippen molar-refractivity contribution in [2.75, 3.05) is 11.9 Å². The second-order valence-corrected chi connectivity index (χ2v) is 5.10. The van der Waals surface area contributed by atoms with E-state index in [1.807, 2.05) is 5.32 Å². The summed E-state index contributed by atoms with van der Waals surface area (Å²) in [6, 6.07) is 8.55. The van der Waals surface area contributed by atoms with Crippen molar-refractivity contribution in [2.45, 2.75) is 0 Å². The summed E-state index contributed by atoms with van der Waals surface area (Å²) in [5.41, 5.74) is 0.414. The fourth-order valence-corrected chi connectivity index (χ4v) is 2.26. The number of carbonyl (C=O) groups is 2. The van der Waals surface area contributed by atoms with Gasteiger partial charge >= 0.3 is 5.97 Å². The van der Waals surface area contributed by atoms with Gasteiger partial charge in [0.1, 0.15) is 0 Å². The largest absolute Gasteiger partial charge is 0.452 e. The van der Waals surface area contributed by atoms with E-state index in [2.05, 4.69) is 4.98 Å². The van der Waals surface area contributed by atoms with Crippen molar-refractivity contribution in [1.29, 1.82) is 0 Å². The molecule has 8 heteroatoms. The van der Waals surface area contributed by atoms with Crippen LogP contribution < -0.4 is 5.32 Å². The Morgan fingerprint density at radius 1 is 1.04 bits per heavy atom. The lowest BCUT2D eigenvalue weighted by molar-refractivity contribution is -0.119. The van der Waals surface area contributed by atoms with Gasteiger partial charge < -0.3 is 15.0 Å². The average molecular weight is 348 g/mol. The van der Waals surface area contributed by atoms with Crippen LogP contribution in [0, 0.1) is 17.5 Å². The summed E-state index contributed by atoms with van der Waals surface area (Å²) < 4.78 is 44.3. The van der Waals surface area contributed by atoms with Crippen LogP contribution in [0.15, 0.2) is 42.6 Å². The molecule has 3 rings (SSSR count). The van der Waals surface area contributed by atoms with E-state index in [0.717, 1.165) is 11.6 Å². The standard InChI is InChI=1S/C17H11F3N2O3/c18-11-5-6-13(16(20)15(11)19)22-14(23)8-25-17(24)10-7-21-12-4-2-1-3-9(10)12/h1-7,21H,8H2,(H,22,23). The zero-order valence-electron chi connectivity index (χ0n) is 12.6. The first-order valence-corrected chi connectivity index (χ1v) is 7.14. The molecule has 0 bridgehead atoms. The summed E-state index contributed by atoms with van der Waals surface area (Å²) >= 11 is 0. The van der Waals surface area contributed by atoms with E-state index >= 15 is 0 Å². The number of para-hydroxylation sites is 1. The first kappa shape index (κ1) is 16.6. The number of aromatic nitrogens is 1. The molecule has 2 aromatic carbocycles. The molecule has 2 N–H and O–H groups in total. The minimum absolute atomic E-state index is 0.238. The van der Waals surface area contributed by atoms with Crippen molar-refractivity contribution in [3.63, 3.8) is 0 Å². The monoisotopic (exact) mass is 348 g/mol. The molecule has 25 heavy (non-hydrogen) atoms. The Balaban J connectivity index is 1.64. The molecule has 0 atom stereocenters. The van der Waals surface area contributed by atoms with Gasteiger partial charge in [-0.2, -0.15) is 0 Å². The van der Waals surface area contributed by atoms with Crippen LogP contribution >= 0.6 is 0 Å². The highest BCUT2D eigenvalue weighted by Crippen LogP contribution is 2.20. The molecule has 3 aromatic rings. The van der Waals surface area contributed by atoms with Crippen LogP contribution in [0.3, 0.4) is 0 Å². The Labute approximate surface area is 139 Å². The number of H-pyrrole nitrogens is 1. The lowest BCUT2D eigenvalue weighted by atomic mass is 10.2. The van der Waals surface area contributed by atoms with Gasteiger partial charge in [-0.05, 0) is 18.2 Å². The molecule has 5 nitrogen and oxygen atoms in total. The van der Waals surface area contributed by atoms with Crippen molar-refractivity contribution in [2.24, 2.45) is 0 Å². The normalized spacial score (nSPS) is 10.7. The fraction of sp³-hybridized carbons (Fsp3) is 0.0588. The first-order valence-electron chi connectivity index (χ1n) is 7.14. The number of anilines is 1. The number of rotatable bonds is 4. The van der Waals surface area contributed by atoms with Crippen LogP contribution in [0.1, 0.15) is 10.4 Å². The number of nitrogens with one attached hydrogen (secondary N) is 2. The van der Waals surface area contributed by atoms with E-state index in [1.165, 1.54) is 6.20 Å². The van der Waals surface area contributed by atoms with Crippen molar-refractivity contribution in [1.82, 2.24) is 4.98 Å². The number of amides is 1. The Kier molecular flexibility index (Phi) is 4.42. The summed E-state index contributed by atoms with van der Waals surface area (Å²) in [5.74, 6) is -6.25. The molecule has 0 aliphatic carbocycles. The van der Waals surface area contributed by atoms with Crippen molar-refractivity contribution in [3.05, 3.63) is 65.6 Å². The van der Waals surface area contributed by atoms with Gasteiger partial charge in [0.05, 0.1) is 11.3 Å². The van der Waals surface area contributed by atoms with Crippen LogP contribution in [0.5, 0.6) is 0 Å². The van der Waals surface area contributed by atoms with E-state index in [-0.39, 0.29) is 5.56 Å². The summed E-state index contributed by atoms with van der Waals surface area (Å²) in [7, 11) is 0. The Bertz CT molecular complexity index is 969. The molecular formula is C17H11F3N2O3. The predicted octanol–water partition coefficient (Wildman–Crippen LogP) is 3.38. The minimum Gasteiger partial charge on any atom is -0.452 e. The molecule has 0 saturated heterocycles. The molecule has 0 unspecified atom stereocenters. The topological polar surface area (TPSA) is 71.2 Å². The summed E-state index contributed by atoms with van der Waals surface area (Å²) in [6.07, 6.45) is 1.44. The third-order valence-electron chi connectivity index (χ3n) is 3.45. The van der Waals surface area contributed by atoms with Crippen molar-refractivity contribution in [3.8, 4) is 0 Å². The molecule has 1 amide bonds. The van der Waals surface area contributed by atoms with Gasteiger partial charge in [-0.25, -0.2) is 18.0 Å². The van der Waals surface area contributed by atoms with E-state index in [0.29, 0.717) is 11.5 Å². The number of fused-ring (bicyclic) bond motifs is 1. The van der Waals surface area contributed by atoms with Crippen LogP contribution in [0.2, 0.25) is 0 Å². The van der Waals surface area contributed by atoms with Gasteiger partial charge in [-0.1, -0.05) is 18.2 Å². The summed E-state index contributed by atoms with van der Waals surface area (Å²) in [4.78, 5) is 26.6.